The fourth-order valence-corrected chi connectivity index (χ4v) is 3.21. The molecule has 0 saturated heterocycles. The maximum absolute atomic E-state index is 12.0. The Bertz CT molecular complexity index is 551. The Balaban J connectivity index is 1.64. The molecule has 0 unspecified atom stereocenters. The van der Waals surface area contributed by atoms with Gasteiger partial charge in [0, 0.05) is 19.0 Å². The minimum atomic E-state index is -0.164. The van der Waals surface area contributed by atoms with Crippen molar-refractivity contribution in [1.82, 2.24) is 16.0 Å². The van der Waals surface area contributed by atoms with Gasteiger partial charge in [-0.15, -0.1) is 0 Å². The van der Waals surface area contributed by atoms with E-state index in [2.05, 4.69) is 47.1 Å². The van der Waals surface area contributed by atoms with Crippen LogP contribution in [0, 0.1) is 0 Å². The summed E-state index contributed by atoms with van der Waals surface area (Å²) in [5.41, 5.74) is 2.38. The van der Waals surface area contributed by atoms with Crippen LogP contribution in [-0.2, 0) is 11.2 Å². The zero-order valence-corrected chi connectivity index (χ0v) is 15.4. The molecule has 1 aromatic carbocycles. The predicted molar refractivity (Wildman–Crippen MR) is 100 cm³/mol. The van der Waals surface area contributed by atoms with Gasteiger partial charge >= 0.3 is 6.03 Å². The van der Waals surface area contributed by atoms with Gasteiger partial charge in [0.15, 0.2) is 0 Å². The molecule has 138 valence electrons. The highest BCUT2D eigenvalue weighted by Gasteiger charge is 2.15. The van der Waals surface area contributed by atoms with Gasteiger partial charge < -0.3 is 16.0 Å². The van der Waals surface area contributed by atoms with Gasteiger partial charge in [-0.1, -0.05) is 50.5 Å². The van der Waals surface area contributed by atoms with E-state index in [1.807, 2.05) is 6.92 Å². The third-order valence-electron chi connectivity index (χ3n) is 4.84. The number of nitrogens with one attached hydrogen (secondary N) is 3. The second-order valence-electron chi connectivity index (χ2n) is 6.87. The molecule has 2 rings (SSSR count). The van der Waals surface area contributed by atoms with Gasteiger partial charge in [-0.05, 0) is 37.3 Å². The monoisotopic (exact) mass is 345 g/mol. The Kier molecular flexibility index (Phi) is 7.76. The SMILES string of the molecule is CCc1ccc([C@@H](C)NC(=O)CCNC(=O)NC2CCCCC2)cc1. The second-order valence-corrected chi connectivity index (χ2v) is 6.87. The number of urea groups is 1. The van der Waals surface area contributed by atoms with Crippen LogP contribution in [0.15, 0.2) is 24.3 Å². The normalized spacial score (nSPS) is 16.1. The number of hydrogen-bond donors (Lipinski definition) is 3. The molecule has 0 spiro atoms. The van der Waals surface area contributed by atoms with Crippen LogP contribution >= 0.6 is 0 Å². The van der Waals surface area contributed by atoms with E-state index in [-0.39, 0.29) is 30.4 Å². The van der Waals surface area contributed by atoms with Crippen LogP contribution in [0.2, 0.25) is 0 Å². The summed E-state index contributed by atoms with van der Waals surface area (Å²) in [6.45, 7) is 4.45. The molecule has 1 saturated carbocycles. The lowest BCUT2D eigenvalue weighted by atomic mass is 9.96. The lowest BCUT2D eigenvalue weighted by molar-refractivity contribution is -0.121. The van der Waals surface area contributed by atoms with Crippen molar-refractivity contribution in [2.45, 2.75) is 70.9 Å². The number of rotatable bonds is 7. The third-order valence-corrected chi connectivity index (χ3v) is 4.84. The molecule has 0 aromatic heterocycles. The quantitative estimate of drug-likeness (QED) is 0.708. The molecule has 3 N–H and O–H groups in total. The minimum Gasteiger partial charge on any atom is -0.350 e. The highest BCUT2D eigenvalue weighted by atomic mass is 16.2. The standard InChI is InChI=1S/C20H31N3O2/c1-3-16-9-11-17(12-10-16)15(2)22-19(24)13-14-21-20(25)23-18-7-5-4-6-8-18/h9-12,15,18H,3-8,13-14H2,1-2H3,(H,22,24)(H2,21,23,25)/t15-/m1/s1. The van der Waals surface area contributed by atoms with E-state index >= 15 is 0 Å². The van der Waals surface area contributed by atoms with Gasteiger partial charge in [-0.25, -0.2) is 4.79 Å². The fraction of sp³-hybridized carbons (Fsp3) is 0.600. The van der Waals surface area contributed by atoms with Crippen LogP contribution < -0.4 is 16.0 Å². The summed E-state index contributed by atoms with van der Waals surface area (Å²) < 4.78 is 0. The van der Waals surface area contributed by atoms with Gasteiger partial charge in [0.05, 0.1) is 6.04 Å². The molecule has 1 aromatic rings. The summed E-state index contributed by atoms with van der Waals surface area (Å²) in [5.74, 6) is -0.0509. The molecule has 5 nitrogen and oxygen atoms in total. The number of carbonyl (C=O) groups excluding carboxylic acids is 2. The van der Waals surface area contributed by atoms with E-state index in [4.69, 9.17) is 0 Å². The van der Waals surface area contributed by atoms with Crippen LogP contribution in [0.5, 0.6) is 0 Å². The van der Waals surface area contributed by atoms with Gasteiger partial charge in [-0.3, -0.25) is 4.79 Å². The Morgan fingerprint density at radius 3 is 2.44 bits per heavy atom. The maximum Gasteiger partial charge on any atom is 0.315 e. The summed E-state index contributed by atoms with van der Waals surface area (Å²) in [4.78, 5) is 23.9. The van der Waals surface area contributed by atoms with Crippen molar-refractivity contribution >= 4 is 11.9 Å². The first-order chi connectivity index (χ1) is 12.1. The minimum absolute atomic E-state index is 0.0329. The molecule has 25 heavy (non-hydrogen) atoms. The van der Waals surface area contributed by atoms with Crippen molar-refractivity contribution in [3.63, 3.8) is 0 Å². The molecule has 1 aliphatic rings. The number of carbonyl (C=O) groups is 2. The summed E-state index contributed by atoms with van der Waals surface area (Å²) in [6, 6.07) is 8.38. The van der Waals surface area contributed by atoms with Crippen LogP contribution in [0.4, 0.5) is 4.79 Å². The average Bonchev–Trinajstić information content (AvgIpc) is 2.62. The van der Waals surface area contributed by atoms with Crippen molar-refractivity contribution in [2.24, 2.45) is 0 Å². The summed E-state index contributed by atoms with van der Waals surface area (Å²) in [7, 11) is 0. The molecule has 1 fully saturated rings. The van der Waals surface area contributed by atoms with Gasteiger partial charge in [0.25, 0.3) is 0 Å². The molecular weight excluding hydrogens is 314 g/mol. The van der Waals surface area contributed by atoms with Crippen molar-refractivity contribution in [3.8, 4) is 0 Å². The number of hydrogen-bond acceptors (Lipinski definition) is 2. The largest absolute Gasteiger partial charge is 0.350 e. The van der Waals surface area contributed by atoms with Crippen molar-refractivity contribution in [2.75, 3.05) is 6.54 Å². The van der Waals surface area contributed by atoms with Crippen molar-refractivity contribution in [3.05, 3.63) is 35.4 Å². The molecule has 1 aliphatic carbocycles. The smallest absolute Gasteiger partial charge is 0.315 e. The first kappa shape index (κ1) is 19.3. The third kappa shape index (κ3) is 6.77. The van der Waals surface area contributed by atoms with E-state index in [0.29, 0.717) is 6.54 Å². The van der Waals surface area contributed by atoms with E-state index in [1.165, 1.54) is 24.8 Å². The molecule has 0 bridgehead atoms. The van der Waals surface area contributed by atoms with Gasteiger partial charge in [-0.2, -0.15) is 0 Å². The molecule has 0 radical (unpaired) electrons. The lowest BCUT2D eigenvalue weighted by Gasteiger charge is -2.22. The summed E-state index contributed by atoms with van der Waals surface area (Å²) in [6.07, 6.45) is 7.05. The molecular formula is C20H31N3O2. The zero-order chi connectivity index (χ0) is 18.1. The van der Waals surface area contributed by atoms with Crippen LogP contribution in [0.3, 0.4) is 0 Å². The fourth-order valence-electron chi connectivity index (χ4n) is 3.21. The van der Waals surface area contributed by atoms with Crippen molar-refractivity contribution in [1.29, 1.82) is 0 Å². The molecule has 5 heteroatoms. The van der Waals surface area contributed by atoms with E-state index in [1.54, 1.807) is 0 Å². The summed E-state index contributed by atoms with van der Waals surface area (Å²) in [5, 5.41) is 8.74. The van der Waals surface area contributed by atoms with E-state index in [0.717, 1.165) is 24.8 Å². The van der Waals surface area contributed by atoms with Crippen molar-refractivity contribution < 1.29 is 9.59 Å². The highest BCUT2D eigenvalue weighted by molar-refractivity contribution is 5.78. The maximum atomic E-state index is 12.0. The Labute approximate surface area is 151 Å². The molecule has 3 amide bonds. The van der Waals surface area contributed by atoms with Gasteiger partial charge in [0.1, 0.15) is 0 Å². The average molecular weight is 345 g/mol. The molecule has 0 heterocycles. The summed E-state index contributed by atoms with van der Waals surface area (Å²) >= 11 is 0. The molecule has 1 atom stereocenters. The number of aryl methyl sites for hydroxylation is 1. The van der Waals surface area contributed by atoms with Crippen LogP contribution in [-0.4, -0.2) is 24.5 Å². The van der Waals surface area contributed by atoms with Crippen LogP contribution in [0.1, 0.15) is 69.5 Å². The molecule has 0 aliphatic heterocycles. The predicted octanol–water partition coefficient (Wildman–Crippen LogP) is 3.45. The van der Waals surface area contributed by atoms with E-state index in [9.17, 15) is 9.59 Å². The first-order valence-corrected chi connectivity index (χ1v) is 9.51. The van der Waals surface area contributed by atoms with Gasteiger partial charge in [0.2, 0.25) is 5.91 Å². The second kappa shape index (κ2) is 10.1. The van der Waals surface area contributed by atoms with E-state index < -0.39 is 0 Å². The number of benzene rings is 1. The Morgan fingerprint density at radius 1 is 1.12 bits per heavy atom. The Hall–Kier alpha value is -2.04. The highest BCUT2D eigenvalue weighted by Crippen LogP contribution is 2.17. The first-order valence-electron chi connectivity index (χ1n) is 9.51. The topological polar surface area (TPSA) is 70.2 Å². The Morgan fingerprint density at radius 2 is 1.80 bits per heavy atom. The van der Waals surface area contributed by atoms with Crippen LogP contribution in [0.25, 0.3) is 0 Å². The zero-order valence-electron chi connectivity index (χ0n) is 15.4. The number of amides is 3. The lowest BCUT2D eigenvalue weighted by Crippen LogP contribution is -2.43.